The molecule has 0 radical (unpaired) electrons. The minimum Gasteiger partial charge on any atom is -0.497 e. The Kier molecular flexibility index (Phi) is 6.70. The first kappa shape index (κ1) is 16.1. The maximum Gasteiger partial charge on any atom is 0.191 e. The molecule has 112 valence electrons. The molecule has 0 bridgehead atoms. The van der Waals surface area contributed by atoms with Crippen molar-refractivity contribution in [2.24, 2.45) is 4.99 Å². The number of rotatable bonds is 6. The van der Waals surface area contributed by atoms with Crippen LogP contribution in [-0.2, 0) is 6.54 Å². The molecule has 2 N–H and O–H groups in total. The molecule has 0 aliphatic heterocycles. The monoisotopic (exact) mass is 279 g/mol. The molecule has 0 heterocycles. The SMILES string of the molecule is CCC(C)NC(=NC)NCc1ccc(OC)cc1OC. The number of nitrogens with zero attached hydrogens (tertiary/aromatic N) is 1. The highest BCUT2D eigenvalue weighted by atomic mass is 16.5. The molecule has 0 aliphatic rings. The van der Waals surface area contributed by atoms with Gasteiger partial charge in [-0.2, -0.15) is 0 Å². The van der Waals surface area contributed by atoms with E-state index in [0.717, 1.165) is 29.4 Å². The highest BCUT2D eigenvalue weighted by molar-refractivity contribution is 5.79. The van der Waals surface area contributed by atoms with Gasteiger partial charge in [-0.3, -0.25) is 4.99 Å². The van der Waals surface area contributed by atoms with Gasteiger partial charge in [0.05, 0.1) is 14.2 Å². The van der Waals surface area contributed by atoms with E-state index in [1.165, 1.54) is 0 Å². The summed E-state index contributed by atoms with van der Waals surface area (Å²) in [6.07, 6.45) is 1.05. The second kappa shape index (κ2) is 8.30. The third-order valence-electron chi connectivity index (χ3n) is 3.16. The molecule has 1 atom stereocenters. The van der Waals surface area contributed by atoms with Crippen LogP contribution in [0, 0.1) is 0 Å². The molecule has 1 aromatic rings. The van der Waals surface area contributed by atoms with Gasteiger partial charge >= 0.3 is 0 Å². The van der Waals surface area contributed by atoms with Crippen LogP contribution in [0.2, 0.25) is 0 Å². The van der Waals surface area contributed by atoms with E-state index < -0.39 is 0 Å². The van der Waals surface area contributed by atoms with Crippen LogP contribution in [0.4, 0.5) is 0 Å². The van der Waals surface area contributed by atoms with Gasteiger partial charge in [0.15, 0.2) is 5.96 Å². The Hall–Kier alpha value is -1.91. The molecule has 0 fully saturated rings. The maximum atomic E-state index is 5.38. The lowest BCUT2D eigenvalue weighted by Crippen LogP contribution is -2.41. The molecular formula is C15H25N3O2. The van der Waals surface area contributed by atoms with Crippen LogP contribution >= 0.6 is 0 Å². The summed E-state index contributed by atoms with van der Waals surface area (Å²) < 4.78 is 10.6. The Morgan fingerprint density at radius 2 is 2.05 bits per heavy atom. The Labute approximate surface area is 121 Å². The largest absolute Gasteiger partial charge is 0.497 e. The van der Waals surface area contributed by atoms with Crippen molar-refractivity contribution in [1.82, 2.24) is 10.6 Å². The van der Waals surface area contributed by atoms with Crippen LogP contribution in [0.5, 0.6) is 11.5 Å². The predicted octanol–water partition coefficient (Wildman–Crippen LogP) is 2.17. The summed E-state index contributed by atoms with van der Waals surface area (Å²) in [4.78, 5) is 4.21. The quantitative estimate of drug-likeness (QED) is 0.619. The Morgan fingerprint density at radius 3 is 2.60 bits per heavy atom. The minimum absolute atomic E-state index is 0.388. The van der Waals surface area contributed by atoms with E-state index in [4.69, 9.17) is 9.47 Å². The number of nitrogens with one attached hydrogen (secondary N) is 2. The van der Waals surface area contributed by atoms with E-state index in [-0.39, 0.29) is 0 Å². The fraction of sp³-hybridized carbons (Fsp3) is 0.533. The maximum absolute atomic E-state index is 5.38. The van der Waals surface area contributed by atoms with Crippen molar-refractivity contribution in [1.29, 1.82) is 0 Å². The van der Waals surface area contributed by atoms with Gasteiger partial charge < -0.3 is 20.1 Å². The first-order valence-corrected chi connectivity index (χ1v) is 6.82. The van der Waals surface area contributed by atoms with Gasteiger partial charge in [0.2, 0.25) is 0 Å². The molecule has 0 saturated heterocycles. The minimum atomic E-state index is 0.388. The molecule has 20 heavy (non-hydrogen) atoms. The summed E-state index contributed by atoms with van der Waals surface area (Å²) in [5.74, 6) is 2.38. The van der Waals surface area contributed by atoms with Gasteiger partial charge in [-0.1, -0.05) is 6.92 Å². The van der Waals surface area contributed by atoms with Gasteiger partial charge in [-0.25, -0.2) is 0 Å². The molecule has 0 aliphatic carbocycles. The van der Waals surface area contributed by atoms with Crippen molar-refractivity contribution in [2.75, 3.05) is 21.3 Å². The van der Waals surface area contributed by atoms with E-state index >= 15 is 0 Å². The zero-order chi connectivity index (χ0) is 15.0. The fourth-order valence-corrected chi connectivity index (χ4v) is 1.71. The number of ether oxygens (including phenoxy) is 2. The Morgan fingerprint density at radius 1 is 1.30 bits per heavy atom. The lowest BCUT2D eigenvalue weighted by molar-refractivity contribution is 0.390. The van der Waals surface area contributed by atoms with Gasteiger partial charge in [-0.05, 0) is 25.5 Å². The fourth-order valence-electron chi connectivity index (χ4n) is 1.71. The standard InChI is InChI=1S/C15H25N3O2/c1-6-11(2)18-15(16-3)17-10-12-7-8-13(19-4)9-14(12)20-5/h7-9,11H,6,10H2,1-5H3,(H2,16,17,18). The topological polar surface area (TPSA) is 54.9 Å². The molecule has 1 rings (SSSR count). The summed E-state index contributed by atoms with van der Waals surface area (Å²) in [7, 11) is 5.07. The molecule has 0 saturated carbocycles. The van der Waals surface area contributed by atoms with Crippen LogP contribution in [0.1, 0.15) is 25.8 Å². The Balaban J connectivity index is 2.68. The second-order valence-electron chi connectivity index (χ2n) is 4.56. The zero-order valence-corrected chi connectivity index (χ0v) is 13.0. The lowest BCUT2D eigenvalue weighted by Gasteiger charge is -2.17. The van der Waals surface area contributed by atoms with Gasteiger partial charge in [0.1, 0.15) is 11.5 Å². The number of guanidine groups is 1. The normalized spacial score (nSPS) is 12.8. The van der Waals surface area contributed by atoms with Crippen molar-refractivity contribution >= 4 is 5.96 Å². The van der Waals surface area contributed by atoms with Crippen LogP contribution < -0.4 is 20.1 Å². The lowest BCUT2D eigenvalue weighted by atomic mass is 10.2. The van der Waals surface area contributed by atoms with Crippen molar-refractivity contribution in [2.45, 2.75) is 32.9 Å². The van der Waals surface area contributed by atoms with E-state index in [2.05, 4.69) is 29.5 Å². The van der Waals surface area contributed by atoms with Crippen LogP contribution in [0.3, 0.4) is 0 Å². The predicted molar refractivity (Wildman–Crippen MR) is 82.6 cm³/mol. The van der Waals surface area contributed by atoms with Crippen LogP contribution in [0.15, 0.2) is 23.2 Å². The average Bonchev–Trinajstić information content (AvgIpc) is 2.50. The first-order chi connectivity index (χ1) is 9.64. The summed E-state index contributed by atoms with van der Waals surface area (Å²) in [6.45, 7) is 4.90. The molecule has 0 spiro atoms. The molecule has 0 amide bonds. The Bertz CT molecular complexity index is 447. The molecule has 0 aromatic heterocycles. The number of hydrogen-bond donors (Lipinski definition) is 2. The van der Waals surface area contributed by atoms with E-state index in [1.807, 2.05) is 18.2 Å². The first-order valence-electron chi connectivity index (χ1n) is 6.82. The zero-order valence-electron chi connectivity index (χ0n) is 13.0. The highest BCUT2D eigenvalue weighted by Crippen LogP contribution is 2.24. The smallest absolute Gasteiger partial charge is 0.191 e. The van der Waals surface area contributed by atoms with Gasteiger partial charge in [-0.15, -0.1) is 0 Å². The number of aliphatic imine (C=N–C) groups is 1. The second-order valence-corrected chi connectivity index (χ2v) is 4.56. The number of benzene rings is 1. The van der Waals surface area contributed by atoms with E-state index in [1.54, 1.807) is 21.3 Å². The molecular weight excluding hydrogens is 254 g/mol. The van der Waals surface area contributed by atoms with Crippen molar-refractivity contribution in [3.8, 4) is 11.5 Å². The summed E-state index contributed by atoms with van der Waals surface area (Å²) >= 11 is 0. The van der Waals surface area contributed by atoms with Gasteiger partial charge in [0, 0.05) is 31.3 Å². The molecule has 1 aromatic carbocycles. The third-order valence-corrected chi connectivity index (χ3v) is 3.16. The van der Waals surface area contributed by atoms with Crippen LogP contribution in [-0.4, -0.2) is 33.3 Å². The molecule has 5 nitrogen and oxygen atoms in total. The van der Waals surface area contributed by atoms with Crippen molar-refractivity contribution in [3.63, 3.8) is 0 Å². The van der Waals surface area contributed by atoms with E-state index in [0.29, 0.717) is 12.6 Å². The number of hydrogen-bond acceptors (Lipinski definition) is 3. The summed E-state index contributed by atoms with van der Waals surface area (Å²) in [5.41, 5.74) is 1.06. The average molecular weight is 279 g/mol. The van der Waals surface area contributed by atoms with E-state index in [9.17, 15) is 0 Å². The highest BCUT2D eigenvalue weighted by Gasteiger charge is 2.07. The number of methoxy groups -OCH3 is 2. The molecule has 1 unspecified atom stereocenters. The summed E-state index contributed by atoms with van der Waals surface area (Å²) in [5, 5.41) is 6.60. The van der Waals surface area contributed by atoms with Gasteiger partial charge in [0.25, 0.3) is 0 Å². The van der Waals surface area contributed by atoms with Crippen molar-refractivity contribution < 1.29 is 9.47 Å². The molecule has 5 heteroatoms. The van der Waals surface area contributed by atoms with Crippen molar-refractivity contribution in [3.05, 3.63) is 23.8 Å². The van der Waals surface area contributed by atoms with Crippen LogP contribution in [0.25, 0.3) is 0 Å². The third kappa shape index (κ3) is 4.64. The summed E-state index contributed by atoms with van der Waals surface area (Å²) in [6, 6.07) is 6.17.